The highest BCUT2D eigenvalue weighted by Crippen LogP contribution is 2.21. The first-order valence-electron chi connectivity index (χ1n) is 6.71. The van der Waals surface area contributed by atoms with Crippen LogP contribution in [0.25, 0.3) is 0 Å². The molecule has 0 radical (unpaired) electrons. The number of carboxylic acid groups (broad SMARTS) is 1. The number of hydrogen-bond donors (Lipinski definition) is 1. The molecule has 1 saturated heterocycles. The summed E-state index contributed by atoms with van der Waals surface area (Å²) in [6.07, 6.45) is 4.83. The van der Waals surface area contributed by atoms with Crippen LogP contribution in [0.4, 0.5) is 4.79 Å². The molecule has 0 spiro atoms. The molecule has 1 aliphatic heterocycles. The first kappa shape index (κ1) is 16.1. The van der Waals surface area contributed by atoms with Gasteiger partial charge in [0, 0.05) is 31.4 Å². The van der Waals surface area contributed by atoms with Gasteiger partial charge in [-0.05, 0) is 32.4 Å². The maximum Gasteiger partial charge on any atom is 0.320 e. The lowest BCUT2D eigenvalue weighted by atomic mass is 10.00. The van der Waals surface area contributed by atoms with Gasteiger partial charge in [-0.25, -0.2) is 4.79 Å². The Morgan fingerprint density at radius 3 is 2.74 bits per heavy atom. The third-order valence-electron chi connectivity index (χ3n) is 3.65. The van der Waals surface area contributed by atoms with Crippen LogP contribution in [-0.4, -0.2) is 64.6 Å². The molecule has 0 bridgehead atoms. The molecule has 0 aromatic carbocycles. The van der Waals surface area contributed by atoms with E-state index in [1.165, 1.54) is 0 Å². The summed E-state index contributed by atoms with van der Waals surface area (Å²) in [6, 6.07) is -0.0231. The first-order chi connectivity index (χ1) is 8.97. The predicted octanol–water partition coefficient (Wildman–Crippen LogP) is 2.12. The molecule has 6 heteroatoms. The quantitative estimate of drug-likeness (QED) is 0.842. The van der Waals surface area contributed by atoms with Crippen molar-refractivity contribution in [3.8, 4) is 0 Å². The number of likely N-dealkylation sites (tertiary alicyclic amines) is 1. The average Bonchev–Trinajstić information content (AvgIpc) is 2.37. The summed E-state index contributed by atoms with van der Waals surface area (Å²) in [5.41, 5.74) is 0. The minimum atomic E-state index is -0.829. The van der Waals surface area contributed by atoms with Crippen molar-refractivity contribution in [1.29, 1.82) is 0 Å². The Morgan fingerprint density at radius 1 is 1.47 bits per heavy atom. The molecular formula is C13H24N2O3S. The molecular weight excluding hydrogens is 264 g/mol. The molecule has 19 heavy (non-hydrogen) atoms. The molecule has 2 unspecified atom stereocenters. The smallest absolute Gasteiger partial charge is 0.320 e. The van der Waals surface area contributed by atoms with Crippen LogP contribution >= 0.6 is 11.8 Å². The van der Waals surface area contributed by atoms with E-state index in [0.29, 0.717) is 6.54 Å². The van der Waals surface area contributed by atoms with Crippen molar-refractivity contribution in [2.24, 2.45) is 0 Å². The summed E-state index contributed by atoms with van der Waals surface area (Å²) in [7, 11) is 1.80. The zero-order valence-corrected chi connectivity index (χ0v) is 12.8. The van der Waals surface area contributed by atoms with Crippen LogP contribution in [0.15, 0.2) is 0 Å². The van der Waals surface area contributed by atoms with Crippen molar-refractivity contribution in [2.75, 3.05) is 25.6 Å². The molecule has 1 heterocycles. The molecule has 2 atom stereocenters. The van der Waals surface area contributed by atoms with Gasteiger partial charge in [0.2, 0.25) is 0 Å². The fourth-order valence-corrected chi connectivity index (χ4v) is 3.12. The number of urea groups is 1. The van der Waals surface area contributed by atoms with Gasteiger partial charge in [0.05, 0.1) is 6.42 Å². The minimum Gasteiger partial charge on any atom is -0.481 e. The maximum absolute atomic E-state index is 12.5. The van der Waals surface area contributed by atoms with Gasteiger partial charge >= 0.3 is 12.0 Å². The molecule has 110 valence electrons. The third kappa shape index (κ3) is 4.60. The van der Waals surface area contributed by atoms with Gasteiger partial charge in [0.25, 0.3) is 0 Å². The van der Waals surface area contributed by atoms with E-state index < -0.39 is 5.97 Å². The number of piperidine rings is 1. The Kier molecular flexibility index (Phi) is 6.48. The number of hydrogen-bond acceptors (Lipinski definition) is 3. The summed E-state index contributed by atoms with van der Waals surface area (Å²) in [6.45, 7) is 2.69. The lowest BCUT2D eigenvalue weighted by Crippen LogP contribution is -2.52. The van der Waals surface area contributed by atoms with E-state index in [1.54, 1.807) is 28.6 Å². The number of aliphatic carboxylic acids is 1. The normalized spacial score (nSPS) is 21.0. The predicted molar refractivity (Wildman–Crippen MR) is 77.6 cm³/mol. The summed E-state index contributed by atoms with van der Waals surface area (Å²) in [4.78, 5) is 26.8. The van der Waals surface area contributed by atoms with E-state index >= 15 is 0 Å². The number of carbonyl (C=O) groups excluding carboxylic acids is 1. The molecule has 5 nitrogen and oxygen atoms in total. The molecule has 1 fully saturated rings. The van der Waals surface area contributed by atoms with E-state index in [2.05, 4.69) is 0 Å². The largest absolute Gasteiger partial charge is 0.481 e. The van der Waals surface area contributed by atoms with E-state index in [9.17, 15) is 9.59 Å². The Morgan fingerprint density at radius 2 is 2.16 bits per heavy atom. The molecule has 2 amide bonds. The Bertz CT molecular complexity index is 325. The zero-order chi connectivity index (χ0) is 14.4. The van der Waals surface area contributed by atoms with Crippen molar-refractivity contribution in [2.45, 2.75) is 44.7 Å². The summed E-state index contributed by atoms with van der Waals surface area (Å²) in [5.74, 6) is 0.0594. The first-order valence-corrected chi connectivity index (χ1v) is 8.11. The van der Waals surface area contributed by atoms with Gasteiger partial charge in [0.15, 0.2) is 0 Å². The lowest BCUT2D eigenvalue weighted by Gasteiger charge is -2.39. The van der Waals surface area contributed by atoms with Crippen LogP contribution < -0.4 is 0 Å². The topological polar surface area (TPSA) is 60.9 Å². The van der Waals surface area contributed by atoms with Crippen molar-refractivity contribution < 1.29 is 14.7 Å². The maximum atomic E-state index is 12.5. The number of carbonyl (C=O) groups is 2. The Hall–Kier alpha value is -0.910. The number of nitrogens with zero attached hydrogens (tertiary/aromatic N) is 2. The van der Waals surface area contributed by atoms with Gasteiger partial charge in [0.1, 0.15) is 0 Å². The Labute approximate surface area is 119 Å². The van der Waals surface area contributed by atoms with Crippen LogP contribution in [0.1, 0.15) is 32.6 Å². The van der Waals surface area contributed by atoms with Gasteiger partial charge < -0.3 is 14.9 Å². The van der Waals surface area contributed by atoms with E-state index in [4.69, 9.17) is 5.11 Å². The fraction of sp³-hybridized carbons (Fsp3) is 0.846. The fourth-order valence-electron chi connectivity index (χ4n) is 2.41. The minimum absolute atomic E-state index is 0.0347. The van der Waals surface area contributed by atoms with Crippen LogP contribution in [-0.2, 0) is 4.79 Å². The highest BCUT2D eigenvalue weighted by Gasteiger charge is 2.31. The van der Waals surface area contributed by atoms with Crippen molar-refractivity contribution in [1.82, 2.24) is 9.80 Å². The average molecular weight is 288 g/mol. The lowest BCUT2D eigenvalue weighted by molar-refractivity contribution is -0.138. The monoisotopic (exact) mass is 288 g/mol. The van der Waals surface area contributed by atoms with Crippen LogP contribution in [0.3, 0.4) is 0 Å². The summed E-state index contributed by atoms with van der Waals surface area (Å²) >= 11 is 1.71. The van der Waals surface area contributed by atoms with Crippen LogP contribution in [0.2, 0.25) is 0 Å². The zero-order valence-electron chi connectivity index (χ0n) is 12.0. The van der Waals surface area contributed by atoms with Crippen LogP contribution in [0, 0.1) is 0 Å². The number of thioether (sulfide) groups is 1. The number of carboxylic acids is 1. The second-order valence-corrected chi connectivity index (χ2v) is 6.05. The van der Waals surface area contributed by atoms with Gasteiger partial charge in [-0.2, -0.15) is 11.8 Å². The molecule has 0 saturated carbocycles. The molecule has 1 rings (SSSR count). The van der Waals surface area contributed by atoms with Crippen molar-refractivity contribution in [3.05, 3.63) is 0 Å². The second kappa shape index (κ2) is 7.62. The molecule has 1 N–H and O–H groups in total. The highest BCUT2D eigenvalue weighted by molar-refractivity contribution is 7.98. The van der Waals surface area contributed by atoms with Gasteiger partial charge in [-0.1, -0.05) is 0 Å². The molecule has 0 aromatic heterocycles. The summed E-state index contributed by atoms with van der Waals surface area (Å²) < 4.78 is 0. The SMILES string of the molecule is CSCC(C)N(C)C(=O)N1CCCCC1CC(=O)O. The third-order valence-corrected chi connectivity index (χ3v) is 4.47. The summed E-state index contributed by atoms with van der Waals surface area (Å²) in [5, 5.41) is 8.94. The van der Waals surface area contributed by atoms with E-state index in [0.717, 1.165) is 25.0 Å². The molecule has 0 aliphatic carbocycles. The number of amides is 2. The van der Waals surface area contributed by atoms with E-state index in [1.807, 2.05) is 13.2 Å². The standard InChI is InChI=1S/C13H24N2O3S/c1-10(9-19-3)14(2)13(18)15-7-5-4-6-11(15)8-12(16)17/h10-11H,4-9H2,1-3H3,(H,16,17). The second-order valence-electron chi connectivity index (χ2n) is 5.14. The van der Waals surface area contributed by atoms with Crippen LogP contribution in [0.5, 0.6) is 0 Å². The number of rotatable bonds is 5. The van der Waals surface area contributed by atoms with Crippen molar-refractivity contribution in [3.63, 3.8) is 0 Å². The van der Waals surface area contributed by atoms with Crippen molar-refractivity contribution >= 4 is 23.8 Å². The highest BCUT2D eigenvalue weighted by atomic mass is 32.2. The Balaban J connectivity index is 2.68. The van der Waals surface area contributed by atoms with Gasteiger partial charge in [-0.15, -0.1) is 0 Å². The van der Waals surface area contributed by atoms with Gasteiger partial charge in [-0.3, -0.25) is 4.79 Å². The molecule has 0 aromatic rings. The van der Waals surface area contributed by atoms with E-state index in [-0.39, 0.29) is 24.5 Å². The molecule has 1 aliphatic rings.